The molecule has 38 heavy (non-hydrogen) atoms. The fraction of sp³-hybridized carbons (Fsp3) is 0.222. The van der Waals surface area contributed by atoms with Crippen LogP contribution in [0.3, 0.4) is 0 Å². The first-order valence-corrected chi connectivity index (χ1v) is 12.5. The number of nitrogens with one attached hydrogen (secondary N) is 2. The normalized spacial score (nSPS) is 11.6. The second kappa shape index (κ2) is 11.3. The van der Waals surface area contributed by atoms with E-state index < -0.39 is 29.9 Å². The lowest BCUT2D eigenvalue weighted by molar-refractivity contribution is -0.123. The monoisotopic (exact) mass is 535 g/mol. The standard InChI is InChI=1S/C27H25N3O7S/c1-5-36-27(34)21-14(2)20(26(33)35-4)24(38-21)30-23(31)15(3)37-25(32)17-11-12-18-19(13-17)29-22(28-18)16-9-7-6-8-10-16/h6-13,15H,5H2,1-4H3,(H,28,29)(H,30,31). The summed E-state index contributed by atoms with van der Waals surface area (Å²) in [4.78, 5) is 58.2. The number of benzene rings is 2. The van der Waals surface area contributed by atoms with E-state index in [9.17, 15) is 19.2 Å². The molecule has 0 spiro atoms. The average molecular weight is 536 g/mol. The molecular weight excluding hydrogens is 510 g/mol. The maximum absolute atomic E-state index is 12.9. The minimum atomic E-state index is -1.21. The molecule has 0 saturated heterocycles. The summed E-state index contributed by atoms with van der Waals surface area (Å²) in [6, 6.07) is 14.4. The van der Waals surface area contributed by atoms with Crippen molar-refractivity contribution in [1.29, 1.82) is 0 Å². The molecule has 2 aromatic heterocycles. The van der Waals surface area contributed by atoms with Crippen LogP contribution in [-0.4, -0.2) is 53.6 Å². The molecule has 0 aliphatic heterocycles. The quantitative estimate of drug-likeness (QED) is 0.244. The third-order valence-electron chi connectivity index (χ3n) is 5.65. The van der Waals surface area contributed by atoms with E-state index in [-0.39, 0.29) is 27.6 Å². The third-order valence-corrected chi connectivity index (χ3v) is 6.84. The summed E-state index contributed by atoms with van der Waals surface area (Å²) < 4.78 is 15.2. The van der Waals surface area contributed by atoms with Gasteiger partial charge in [-0.05, 0) is 44.5 Å². The number of ether oxygens (including phenoxy) is 3. The molecule has 2 N–H and O–H groups in total. The molecule has 2 aromatic carbocycles. The fourth-order valence-electron chi connectivity index (χ4n) is 3.71. The highest BCUT2D eigenvalue weighted by atomic mass is 32.1. The number of fused-ring (bicyclic) bond motifs is 1. The van der Waals surface area contributed by atoms with Crippen molar-refractivity contribution >= 4 is 51.2 Å². The molecule has 1 amide bonds. The number of thiophene rings is 1. The number of carbonyl (C=O) groups is 4. The topological polar surface area (TPSA) is 137 Å². The first-order valence-electron chi connectivity index (χ1n) is 11.7. The zero-order valence-electron chi connectivity index (χ0n) is 21.1. The maximum atomic E-state index is 12.9. The molecule has 196 valence electrons. The zero-order valence-corrected chi connectivity index (χ0v) is 21.9. The molecule has 0 aliphatic carbocycles. The van der Waals surface area contributed by atoms with Crippen molar-refractivity contribution in [2.24, 2.45) is 0 Å². The van der Waals surface area contributed by atoms with Gasteiger partial charge in [-0.2, -0.15) is 0 Å². The first kappa shape index (κ1) is 26.6. The highest BCUT2D eigenvalue weighted by Gasteiger charge is 2.29. The number of hydrogen-bond donors (Lipinski definition) is 2. The number of H-pyrrole nitrogens is 1. The largest absolute Gasteiger partial charge is 0.465 e. The molecule has 0 saturated carbocycles. The van der Waals surface area contributed by atoms with Crippen LogP contribution in [0.1, 0.15) is 49.8 Å². The summed E-state index contributed by atoms with van der Waals surface area (Å²) in [5, 5.41) is 2.66. The van der Waals surface area contributed by atoms with E-state index in [1.54, 1.807) is 32.0 Å². The Hall–Kier alpha value is -4.51. The molecule has 0 radical (unpaired) electrons. The second-order valence-corrected chi connectivity index (χ2v) is 9.21. The van der Waals surface area contributed by atoms with Gasteiger partial charge in [0, 0.05) is 5.56 Å². The average Bonchev–Trinajstić information content (AvgIpc) is 3.49. The van der Waals surface area contributed by atoms with E-state index in [0.717, 1.165) is 16.9 Å². The van der Waals surface area contributed by atoms with Crippen molar-refractivity contribution in [2.75, 3.05) is 19.0 Å². The van der Waals surface area contributed by atoms with Crippen molar-refractivity contribution in [3.8, 4) is 11.4 Å². The minimum absolute atomic E-state index is 0.0337. The van der Waals surface area contributed by atoms with E-state index in [4.69, 9.17) is 14.2 Å². The van der Waals surface area contributed by atoms with Crippen LogP contribution in [-0.2, 0) is 19.0 Å². The molecule has 0 bridgehead atoms. The van der Waals surface area contributed by atoms with Gasteiger partial charge in [0.15, 0.2) is 6.10 Å². The lowest BCUT2D eigenvalue weighted by atomic mass is 10.1. The highest BCUT2D eigenvalue weighted by molar-refractivity contribution is 7.18. The zero-order chi connectivity index (χ0) is 27.4. The Morgan fingerprint density at radius 1 is 1.05 bits per heavy atom. The predicted octanol–water partition coefficient (Wildman–Crippen LogP) is 4.75. The van der Waals surface area contributed by atoms with Gasteiger partial charge in [0.2, 0.25) is 0 Å². The van der Waals surface area contributed by atoms with Gasteiger partial charge in [-0.15, -0.1) is 11.3 Å². The van der Waals surface area contributed by atoms with Gasteiger partial charge in [-0.25, -0.2) is 19.4 Å². The van der Waals surface area contributed by atoms with Crippen molar-refractivity contribution in [3.05, 3.63) is 70.1 Å². The van der Waals surface area contributed by atoms with Crippen LogP contribution >= 0.6 is 11.3 Å². The second-order valence-electron chi connectivity index (χ2n) is 8.19. The molecule has 1 unspecified atom stereocenters. The number of rotatable bonds is 8. The highest BCUT2D eigenvalue weighted by Crippen LogP contribution is 2.34. The van der Waals surface area contributed by atoms with Crippen LogP contribution in [0.15, 0.2) is 48.5 Å². The van der Waals surface area contributed by atoms with Gasteiger partial charge >= 0.3 is 17.9 Å². The van der Waals surface area contributed by atoms with E-state index in [2.05, 4.69) is 15.3 Å². The Bertz CT molecular complexity index is 1520. The number of anilines is 1. The number of imidazole rings is 1. The first-order chi connectivity index (χ1) is 18.2. The minimum Gasteiger partial charge on any atom is -0.465 e. The molecule has 2 heterocycles. The van der Waals surface area contributed by atoms with Gasteiger partial charge < -0.3 is 24.5 Å². The fourth-order valence-corrected chi connectivity index (χ4v) is 4.80. The van der Waals surface area contributed by atoms with Crippen molar-refractivity contribution < 1.29 is 33.4 Å². The number of aromatic amines is 1. The smallest absolute Gasteiger partial charge is 0.348 e. The Morgan fingerprint density at radius 3 is 2.47 bits per heavy atom. The summed E-state index contributed by atoms with van der Waals surface area (Å²) in [5.74, 6) is -2.09. The SMILES string of the molecule is CCOC(=O)c1sc(NC(=O)C(C)OC(=O)c2ccc3nc(-c4ccccc4)[nH]c3c2)c(C(=O)OC)c1C. The van der Waals surface area contributed by atoms with E-state index >= 15 is 0 Å². The molecular formula is C27H25N3O7S. The summed E-state index contributed by atoms with van der Waals surface area (Å²) >= 11 is 0.882. The van der Waals surface area contributed by atoms with E-state index in [1.165, 1.54) is 14.0 Å². The van der Waals surface area contributed by atoms with Crippen LogP contribution in [0.5, 0.6) is 0 Å². The van der Waals surface area contributed by atoms with Gasteiger partial charge in [0.1, 0.15) is 15.7 Å². The summed E-state index contributed by atoms with van der Waals surface area (Å²) in [6.45, 7) is 4.77. The van der Waals surface area contributed by atoms with Crippen LogP contribution in [0, 0.1) is 6.92 Å². The Kier molecular flexibility index (Phi) is 7.87. The van der Waals surface area contributed by atoms with Crippen molar-refractivity contribution in [2.45, 2.75) is 26.9 Å². The number of amides is 1. The van der Waals surface area contributed by atoms with Gasteiger partial charge in [0.25, 0.3) is 5.91 Å². The van der Waals surface area contributed by atoms with E-state index in [0.29, 0.717) is 22.4 Å². The molecule has 0 fully saturated rings. The lowest BCUT2D eigenvalue weighted by Gasteiger charge is -2.13. The summed E-state index contributed by atoms with van der Waals surface area (Å²) in [5.41, 5.74) is 2.80. The number of nitrogens with zero attached hydrogens (tertiary/aromatic N) is 1. The summed E-state index contributed by atoms with van der Waals surface area (Å²) in [6.07, 6.45) is -1.21. The molecule has 4 aromatic rings. The molecule has 0 aliphatic rings. The van der Waals surface area contributed by atoms with E-state index in [1.807, 2.05) is 30.3 Å². The molecule has 11 heteroatoms. The lowest BCUT2D eigenvalue weighted by Crippen LogP contribution is -2.30. The Labute approximate surface area is 221 Å². The van der Waals surface area contributed by atoms with Gasteiger partial charge in [-0.3, -0.25) is 4.79 Å². The Balaban J connectivity index is 1.49. The number of methoxy groups -OCH3 is 1. The maximum Gasteiger partial charge on any atom is 0.348 e. The van der Waals surface area contributed by atoms with Gasteiger partial charge in [0.05, 0.1) is 35.9 Å². The molecule has 1 atom stereocenters. The predicted molar refractivity (Wildman–Crippen MR) is 141 cm³/mol. The number of hydrogen-bond acceptors (Lipinski definition) is 9. The van der Waals surface area contributed by atoms with Crippen LogP contribution in [0.4, 0.5) is 5.00 Å². The van der Waals surface area contributed by atoms with Crippen molar-refractivity contribution in [3.63, 3.8) is 0 Å². The van der Waals surface area contributed by atoms with Crippen LogP contribution in [0.2, 0.25) is 0 Å². The molecule has 4 rings (SSSR count). The summed E-state index contributed by atoms with van der Waals surface area (Å²) in [7, 11) is 1.19. The number of esters is 3. The Morgan fingerprint density at radius 2 is 1.79 bits per heavy atom. The number of carbonyl (C=O) groups excluding carboxylic acids is 4. The molecule has 10 nitrogen and oxygen atoms in total. The van der Waals surface area contributed by atoms with Crippen molar-refractivity contribution in [1.82, 2.24) is 9.97 Å². The van der Waals surface area contributed by atoms with Crippen LogP contribution in [0.25, 0.3) is 22.4 Å². The number of aromatic nitrogens is 2. The van der Waals surface area contributed by atoms with Crippen LogP contribution < -0.4 is 5.32 Å². The van der Waals surface area contributed by atoms with Gasteiger partial charge in [-0.1, -0.05) is 30.3 Å². The third kappa shape index (κ3) is 5.42.